The fourth-order valence-electron chi connectivity index (χ4n) is 9.45. The summed E-state index contributed by atoms with van der Waals surface area (Å²) in [5.41, 5.74) is 0. The Kier molecular flexibility index (Phi) is 54.1. The predicted octanol–water partition coefficient (Wildman–Crippen LogP) is 17.5. The summed E-state index contributed by atoms with van der Waals surface area (Å²) in [6.45, 7) is 11.7. The highest BCUT2D eigenvalue weighted by atomic mass is 31.2. The third kappa shape index (κ3) is 57.6. The quantitative estimate of drug-likeness (QED) is 0.0222. The molecule has 0 rings (SSSR count). The van der Waals surface area contributed by atoms with Gasteiger partial charge in [-0.25, -0.2) is 9.13 Å². The van der Waals surface area contributed by atoms with Crippen LogP contribution < -0.4 is 0 Å². The number of esters is 4. The van der Waals surface area contributed by atoms with Gasteiger partial charge in [0.2, 0.25) is 0 Å². The molecule has 0 aromatic heterocycles. The SMILES string of the molecule is CCCCCCCCCC(=O)OC[C@H](COP(=O)(O)OC[C@H](O)COP(=O)(O)OC[C@@H](COC(=O)CCCCCCCCCCCC(C)C)OC(=O)CCCCCCCCCCCCCC(C)C)OC(=O)CCCCCCCCC(C)CC. The first-order valence-corrected chi connectivity index (χ1v) is 36.4. The summed E-state index contributed by atoms with van der Waals surface area (Å²) in [7, 11) is -9.88. The first-order valence-electron chi connectivity index (χ1n) is 33.4. The van der Waals surface area contributed by atoms with Gasteiger partial charge in [-0.3, -0.25) is 37.3 Å². The molecular weight excluding hydrogens is 1100 g/mol. The van der Waals surface area contributed by atoms with Crippen LogP contribution in [0.5, 0.6) is 0 Å². The zero-order chi connectivity index (χ0) is 61.7. The first kappa shape index (κ1) is 81.1. The highest BCUT2D eigenvalue weighted by molar-refractivity contribution is 7.47. The maximum Gasteiger partial charge on any atom is 0.472 e. The van der Waals surface area contributed by atoms with Gasteiger partial charge in [0.1, 0.15) is 19.3 Å². The standard InChI is InChI=1S/C64H124O17P2/c1-8-10-11-12-21-31-38-45-61(66)74-51-60(81-64(69)48-41-34-27-26-30-37-44-57(7)9-2)54-79-83(72,73)77-50-58(65)49-76-82(70,71)78-53-59(52-75-62(67)46-39-32-24-20-16-18-23-29-36-43-56(5)6)80-63(68)47-40-33-25-19-15-13-14-17-22-28-35-42-55(3)4/h55-60,65H,8-54H2,1-7H3,(H,70,71)(H,72,73)/t57?,58-,59-,60-/m1/s1. The smallest absolute Gasteiger partial charge is 0.462 e. The van der Waals surface area contributed by atoms with E-state index in [9.17, 15) is 43.2 Å². The number of hydrogen-bond donors (Lipinski definition) is 3. The van der Waals surface area contributed by atoms with Gasteiger partial charge in [-0.05, 0) is 43.4 Å². The molecule has 3 N–H and O–H groups in total. The van der Waals surface area contributed by atoms with Crippen molar-refractivity contribution in [1.82, 2.24) is 0 Å². The Morgan fingerprint density at radius 3 is 0.916 bits per heavy atom. The molecule has 0 aromatic rings. The molecule has 0 heterocycles. The highest BCUT2D eigenvalue weighted by Crippen LogP contribution is 2.45. The van der Waals surface area contributed by atoms with Crippen molar-refractivity contribution in [2.24, 2.45) is 17.8 Å². The van der Waals surface area contributed by atoms with Crippen LogP contribution in [0.4, 0.5) is 0 Å². The molecule has 3 unspecified atom stereocenters. The number of carbonyl (C=O) groups excluding carboxylic acids is 4. The number of unbranched alkanes of at least 4 members (excludes halogenated alkanes) is 29. The Morgan fingerprint density at radius 1 is 0.349 bits per heavy atom. The summed E-state index contributed by atoms with van der Waals surface area (Å²) in [5, 5.41) is 10.5. The first-order chi connectivity index (χ1) is 39.8. The minimum atomic E-state index is -4.95. The van der Waals surface area contributed by atoms with Crippen LogP contribution >= 0.6 is 15.6 Å². The van der Waals surface area contributed by atoms with Gasteiger partial charge in [-0.1, -0.05) is 260 Å². The van der Waals surface area contributed by atoms with Crippen LogP contribution in [-0.4, -0.2) is 96.7 Å². The maximum atomic E-state index is 13.0. The van der Waals surface area contributed by atoms with E-state index in [0.717, 1.165) is 120 Å². The molecule has 0 radical (unpaired) electrons. The van der Waals surface area contributed by atoms with E-state index in [-0.39, 0.29) is 25.7 Å². The minimum absolute atomic E-state index is 0.102. The number of aliphatic hydroxyl groups excluding tert-OH is 1. The Balaban J connectivity index is 5.23. The predicted molar refractivity (Wildman–Crippen MR) is 331 cm³/mol. The number of phosphoric acid groups is 2. The van der Waals surface area contributed by atoms with E-state index >= 15 is 0 Å². The molecule has 0 aliphatic rings. The van der Waals surface area contributed by atoms with E-state index < -0.39 is 97.5 Å². The molecule has 0 bridgehead atoms. The molecule has 0 aliphatic carbocycles. The van der Waals surface area contributed by atoms with E-state index in [1.54, 1.807) is 0 Å². The molecule has 0 amide bonds. The minimum Gasteiger partial charge on any atom is -0.462 e. The van der Waals surface area contributed by atoms with Crippen molar-refractivity contribution in [2.45, 2.75) is 330 Å². The molecule has 0 aliphatic heterocycles. The molecule has 492 valence electrons. The lowest BCUT2D eigenvalue weighted by atomic mass is 10.00. The molecule has 0 saturated heterocycles. The molecule has 83 heavy (non-hydrogen) atoms. The van der Waals surface area contributed by atoms with Gasteiger partial charge in [0.15, 0.2) is 12.2 Å². The van der Waals surface area contributed by atoms with Gasteiger partial charge in [0.25, 0.3) is 0 Å². The number of rotatable bonds is 62. The molecule has 17 nitrogen and oxygen atoms in total. The average molecular weight is 1230 g/mol. The van der Waals surface area contributed by atoms with Gasteiger partial charge >= 0.3 is 39.5 Å². The van der Waals surface area contributed by atoms with Crippen LogP contribution in [0.15, 0.2) is 0 Å². The third-order valence-corrected chi connectivity index (χ3v) is 16.9. The van der Waals surface area contributed by atoms with E-state index in [4.69, 9.17) is 37.0 Å². The molecule has 0 saturated carbocycles. The van der Waals surface area contributed by atoms with Crippen LogP contribution in [0.3, 0.4) is 0 Å². The highest BCUT2D eigenvalue weighted by Gasteiger charge is 2.30. The van der Waals surface area contributed by atoms with Gasteiger partial charge in [-0.15, -0.1) is 0 Å². The number of carbonyl (C=O) groups is 4. The summed E-state index contributed by atoms with van der Waals surface area (Å²) < 4.78 is 67.9. The lowest BCUT2D eigenvalue weighted by Gasteiger charge is -2.21. The third-order valence-electron chi connectivity index (χ3n) is 15.0. The topological polar surface area (TPSA) is 237 Å². The van der Waals surface area contributed by atoms with E-state index in [1.807, 2.05) is 0 Å². The molecule has 0 aromatic carbocycles. The Bertz CT molecular complexity index is 1650. The zero-order valence-corrected chi connectivity index (χ0v) is 55.4. The van der Waals surface area contributed by atoms with E-state index in [0.29, 0.717) is 25.7 Å². The summed E-state index contributed by atoms with van der Waals surface area (Å²) in [6, 6.07) is 0. The second kappa shape index (κ2) is 55.4. The largest absolute Gasteiger partial charge is 0.472 e. The Labute approximate surface area is 505 Å². The number of aliphatic hydroxyl groups is 1. The molecule has 0 spiro atoms. The number of phosphoric ester groups is 2. The fraction of sp³-hybridized carbons (Fsp3) is 0.938. The molecule has 0 fully saturated rings. The summed E-state index contributed by atoms with van der Waals surface area (Å²) in [4.78, 5) is 72.1. The maximum absolute atomic E-state index is 13.0. The number of ether oxygens (including phenoxy) is 4. The lowest BCUT2D eigenvalue weighted by molar-refractivity contribution is -0.161. The van der Waals surface area contributed by atoms with Gasteiger partial charge in [0.05, 0.1) is 26.4 Å². The van der Waals surface area contributed by atoms with Crippen LogP contribution in [0.25, 0.3) is 0 Å². The van der Waals surface area contributed by atoms with Crippen molar-refractivity contribution in [3.63, 3.8) is 0 Å². The van der Waals surface area contributed by atoms with Gasteiger partial charge in [-0.2, -0.15) is 0 Å². The van der Waals surface area contributed by atoms with Crippen molar-refractivity contribution >= 4 is 39.5 Å². The van der Waals surface area contributed by atoms with Crippen LogP contribution in [-0.2, 0) is 65.4 Å². The van der Waals surface area contributed by atoms with Crippen LogP contribution in [0, 0.1) is 17.8 Å². The Morgan fingerprint density at radius 2 is 0.614 bits per heavy atom. The summed E-state index contributed by atoms with van der Waals surface area (Å²) >= 11 is 0. The Hall–Kier alpha value is -1.94. The average Bonchev–Trinajstić information content (AvgIpc) is 3.46. The normalized spacial score (nSPS) is 14.7. The summed E-state index contributed by atoms with van der Waals surface area (Å²) in [5.74, 6) is 0.0877. The van der Waals surface area contributed by atoms with E-state index in [1.165, 1.54) is 109 Å². The van der Waals surface area contributed by atoms with Crippen molar-refractivity contribution in [3.8, 4) is 0 Å². The van der Waals surface area contributed by atoms with Crippen LogP contribution in [0.1, 0.15) is 312 Å². The molecule has 19 heteroatoms. The summed E-state index contributed by atoms with van der Waals surface area (Å²) in [6.07, 6.45) is 36.3. The van der Waals surface area contributed by atoms with Crippen molar-refractivity contribution < 1.29 is 80.2 Å². The van der Waals surface area contributed by atoms with Gasteiger partial charge in [0, 0.05) is 25.7 Å². The second-order valence-electron chi connectivity index (χ2n) is 24.3. The fourth-order valence-corrected chi connectivity index (χ4v) is 11.0. The second-order valence-corrected chi connectivity index (χ2v) is 27.3. The van der Waals surface area contributed by atoms with E-state index in [2.05, 4.69) is 48.5 Å². The van der Waals surface area contributed by atoms with Crippen molar-refractivity contribution in [1.29, 1.82) is 0 Å². The van der Waals surface area contributed by atoms with Crippen LogP contribution in [0.2, 0.25) is 0 Å². The van der Waals surface area contributed by atoms with Crippen molar-refractivity contribution in [2.75, 3.05) is 39.6 Å². The zero-order valence-electron chi connectivity index (χ0n) is 53.6. The van der Waals surface area contributed by atoms with Gasteiger partial charge < -0.3 is 33.8 Å². The molecule has 6 atom stereocenters. The number of hydrogen-bond acceptors (Lipinski definition) is 15. The monoisotopic (exact) mass is 1230 g/mol. The van der Waals surface area contributed by atoms with Crippen molar-refractivity contribution in [3.05, 3.63) is 0 Å². The molecular formula is C64H124O17P2. The lowest BCUT2D eigenvalue weighted by Crippen LogP contribution is -2.30.